The Kier molecular flexibility index (Phi) is 2.99. The maximum absolute atomic E-state index is 6.08. The lowest BCUT2D eigenvalue weighted by Gasteiger charge is -2.32. The fourth-order valence-electron chi connectivity index (χ4n) is 2.71. The first kappa shape index (κ1) is 13.1. The van der Waals surface area contributed by atoms with Gasteiger partial charge in [-0.05, 0) is 58.9 Å². The van der Waals surface area contributed by atoms with E-state index >= 15 is 0 Å². The molecule has 4 heteroatoms. The third-order valence-electron chi connectivity index (χ3n) is 4.72. The molecule has 0 N–H and O–H groups in total. The van der Waals surface area contributed by atoms with E-state index in [4.69, 9.17) is 9.31 Å². The number of fused-ring (bicyclic) bond motifs is 1. The molecule has 2 heterocycles. The molecule has 1 aromatic rings. The van der Waals surface area contributed by atoms with Gasteiger partial charge in [-0.15, -0.1) is 0 Å². The molecule has 0 spiro atoms. The van der Waals surface area contributed by atoms with E-state index in [1.807, 2.05) is 6.20 Å². The molecule has 102 valence electrons. The van der Waals surface area contributed by atoms with E-state index in [0.717, 1.165) is 18.3 Å². The minimum atomic E-state index is -0.287. The Morgan fingerprint density at radius 2 is 1.68 bits per heavy atom. The first-order chi connectivity index (χ1) is 8.89. The van der Waals surface area contributed by atoms with Gasteiger partial charge in [0.15, 0.2) is 0 Å². The molecule has 19 heavy (non-hydrogen) atoms. The van der Waals surface area contributed by atoms with Gasteiger partial charge in [0.05, 0.1) is 11.2 Å². The molecule has 1 fully saturated rings. The van der Waals surface area contributed by atoms with Crippen LogP contribution in [0.2, 0.25) is 0 Å². The SMILES string of the molecule is CC1(C)OB(c2cnc3c(c2)CCCC3)OC1(C)C. The van der Waals surface area contributed by atoms with Crippen LogP contribution in [0, 0.1) is 0 Å². The summed E-state index contributed by atoms with van der Waals surface area (Å²) in [6.07, 6.45) is 6.69. The molecule has 3 nitrogen and oxygen atoms in total. The Hall–Kier alpha value is -0.865. The molecular formula is C15H22BNO2. The lowest BCUT2D eigenvalue weighted by atomic mass is 9.78. The zero-order chi connectivity index (χ0) is 13.7. The molecule has 0 radical (unpaired) electrons. The Morgan fingerprint density at radius 1 is 1.05 bits per heavy atom. The summed E-state index contributed by atoms with van der Waals surface area (Å²) in [6, 6.07) is 2.23. The number of hydrogen-bond donors (Lipinski definition) is 0. The van der Waals surface area contributed by atoms with Crippen molar-refractivity contribution in [3.05, 3.63) is 23.5 Å². The molecule has 0 unspecified atom stereocenters. The summed E-state index contributed by atoms with van der Waals surface area (Å²) in [5.41, 5.74) is 3.12. The van der Waals surface area contributed by atoms with Gasteiger partial charge in [0.2, 0.25) is 0 Å². The Balaban J connectivity index is 1.88. The Labute approximate surface area is 115 Å². The standard InChI is InChI=1S/C15H22BNO2/c1-14(2)15(3,4)19-16(18-14)12-9-11-7-5-6-8-13(11)17-10-12/h9-10H,5-8H2,1-4H3. The molecule has 1 aromatic heterocycles. The van der Waals surface area contributed by atoms with Gasteiger partial charge in [-0.2, -0.15) is 0 Å². The largest absolute Gasteiger partial charge is 0.496 e. The highest BCUT2D eigenvalue weighted by Crippen LogP contribution is 2.36. The molecule has 1 aliphatic carbocycles. The number of nitrogens with zero attached hydrogens (tertiary/aromatic N) is 1. The molecule has 3 rings (SSSR count). The molecule has 1 saturated heterocycles. The van der Waals surface area contributed by atoms with Gasteiger partial charge in [-0.25, -0.2) is 0 Å². The van der Waals surface area contributed by atoms with Crippen molar-refractivity contribution in [2.24, 2.45) is 0 Å². The van der Waals surface area contributed by atoms with Crippen molar-refractivity contribution in [3.8, 4) is 0 Å². The summed E-state index contributed by atoms with van der Waals surface area (Å²) in [5.74, 6) is 0. The lowest BCUT2D eigenvalue weighted by molar-refractivity contribution is 0.00578. The number of pyridine rings is 1. The zero-order valence-electron chi connectivity index (χ0n) is 12.3. The van der Waals surface area contributed by atoms with Crippen LogP contribution in [0.4, 0.5) is 0 Å². The zero-order valence-corrected chi connectivity index (χ0v) is 12.3. The monoisotopic (exact) mass is 259 g/mol. The van der Waals surface area contributed by atoms with E-state index in [0.29, 0.717) is 0 Å². The number of aryl methyl sites for hydroxylation is 2. The van der Waals surface area contributed by atoms with Gasteiger partial charge >= 0.3 is 7.12 Å². The smallest absolute Gasteiger partial charge is 0.399 e. The fourth-order valence-corrected chi connectivity index (χ4v) is 2.71. The molecule has 1 aliphatic heterocycles. The first-order valence-corrected chi connectivity index (χ1v) is 7.22. The van der Waals surface area contributed by atoms with Gasteiger partial charge in [-0.3, -0.25) is 4.98 Å². The number of rotatable bonds is 1. The van der Waals surface area contributed by atoms with E-state index in [1.54, 1.807) is 0 Å². The second-order valence-corrected chi connectivity index (χ2v) is 6.67. The van der Waals surface area contributed by atoms with Crippen molar-refractivity contribution < 1.29 is 9.31 Å². The van der Waals surface area contributed by atoms with Gasteiger partial charge in [0.25, 0.3) is 0 Å². The highest BCUT2D eigenvalue weighted by molar-refractivity contribution is 6.62. The van der Waals surface area contributed by atoms with Crippen LogP contribution in [0.3, 0.4) is 0 Å². The predicted octanol–water partition coefficient (Wildman–Crippen LogP) is 2.26. The maximum Gasteiger partial charge on any atom is 0.496 e. The van der Waals surface area contributed by atoms with Crippen LogP contribution in [-0.4, -0.2) is 23.3 Å². The van der Waals surface area contributed by atoms with E-state index < -0.39 is 0 Å². The third kappa shape index (κ3) is 2.21. The normalized spacial score (nSPS) is 24.3. The molecule has 0 amide bonds. The van der Waals surface area contributed by atoms with Crippen LogP contribution in [-0.2, 0) is 22.2 Å². The van der Waals surface area contributed by atoms with Gasteiger partial charge in [0, 0.05) is 17.4 Å². The number of hydrogen-bond acceptors (Lipinski definition) is 3. The van der Waals surface area contributed by atoms with Crippen LogP contribution in [0.1, 0.15) is 51.8 Å². The van der Waals surface area contributed by atoms with Gasteiger partial charge in [-0.1, -0.05) is 6.07 Å². The van der Waals surface area contributed by atoms with Crippen LogP contribution in [0.15, 0.2) is 12.3 Å². The summed E-state index contributed by atoms with van der Waals surface area (Å²) < 4.78 is 12.2. The quantitative estimate of drug-likeness (QED) is 0.725. The average Bonchev–Trinajstić information content (AvgIpc) is 2.58. The summed E-state index contributed by atoms with van der Waals surface area (Å²) in [7, 11) is -0.287. The van der Waals surface area contributed by atoms with E-state index in [-0.39, 0.29) is 18.3 Å². The van der Waals surface area contributed by atoms with Crippen LogP contribution >= 0.6 is 0 Å². The molecule has 0 aromatic carbocycles. The van der Waals surface area contributed by atoms with Crippen molar-refractivity contribution in [3.63, 3.8) is 0 Å². The second-order valence-electron chi connectivity index (χ2n) is 6.67. The minimum absolute atomic E-state index is 0.284. The van der Waals surface area contributed by atoms with Crippen LogP contribution < -0.4 is 5.46 Å². The molecule has 0 bridgehead atoms. The fraction of sp³-hybridized carbons (Fsp3) is 0.667. The van der Waals surface area contributed by atoms with Crippen molar-refractivity contribution in [1.29, 1.82) is 0 Å². The lowest BCUT2D eigenvalue weighted by Crippen LogP contribution is -2.41. The van der Waals surface area contributed by atoms with E-state index in [2.05, 4.69) is 38.7 Å². The van der Waals surface area contributed by atoms with Crippen LogP contribution in [0.25, 0.3) is 0 Å². The van der Waals surface area contributed by atoms with Gasteiger partial charge < -0.3 is 9.31 Å². The summed E-state index contributed by atoms with van der Waals surface area (Å²) in [4.78, 5) is 4.60. The molecule has 0 atom stereocenters. The first-order valence-electron chi connectivity index (χ1n) is 7.22. The van der Waals surface area contributed by atoms with Crippen molar-refractivity contribution in [2.45, 2.75) is 64.6 Å². The highest BCUT2D eigenvalue weighted by Gasteiger charge is 2.51. The van der Waals surface area contributed by atoms with Crippen LogP contribution in [0.5, 0.6) is 0 Å². The molecule has 2 aliphatic rings. The highest BCUT2D eigenvalue weighted by atomic mass is 16.7. The maximum atomic E-state index is 6.08. The van der Waals surface area contributed by atoms with Crippen molar-refractivity contribution in [1.82, 2.24) is 4.98 Å². The topological polar surface area (TPSA) is 31.4 Å². The molecule has 0 saturated carbocycles. The Morgan fingerprint density at radius 3 is 2.37 bits per heavy atom. The number of aromatic nitrogens is 1. The average molecular weight is 259 g/mol. The summed E-state index contributed by atoms with van der Waals surface area (Å²) in [5, 5.41) is 0. The second kappa shape index (κ2) is 4.32. The van der Waals surface area contributed by atoms with Crippen molar-refractivity contribution >= 4 is 12.6 Å². The Bertz CT molecular complexity index is 483. The summed E-state index contributed by atoms with van der Waals surface area (Å²) >= 11 is 0. The van der Waals surface area contributed by atoms with E-state index in [1.165, 1.54) is 24.1 Å². The summed E-state index contributed by atoms with van der Waals surface area (Å²) in [6.45, 7) is 8.33. The van der Waals surface area contributed by atoms with E-state index in [9.17, 15) is 0 Å². The molecular weight excluding hydrogens is 237 g/mol. The predicted molar refractivity (Wildman–Crippen MR) is 76.6 cm³/mol. The third-order valence-corrected chi connectivity index (χ3v) is 4.72. The van der Waals surface area contributed by atoms with Crippen molar-refractivity contribution in [2.75, 3.05) is 0 Å². The van der Waals surface area contributed by atoms with Gasteiger partial charge in [0.1, 0.15) is 0 Å². The minimum Gasteiger partial charge on any atom is -0.399 e.